The molecule has 36 heavy (non-hydrogen) atoms. The van der Waals surface area contributed by atoms with Crippen molar-refractivity contribution in [3.8, 4) is 0 Å². The van der Waals surface area contributed by atoms with E-state index in [0.717, 1.165) is 21.6 Å². The van der Waals surface area contributed by atoms with E-state index in [1.807, 2.05) is 36.4 Å². The van der Waals surface area contributed by atoms with Gasteiger partial charge in [-0.25, -0.2) is 0 Å². The Kier molecular flexibility index (Phi) is 8.74. The maximum atomic E-state index is 12.9. The molecule has 0 aromatic heterocycles. The van der Waals surface area contributed by atoms with E-state index in [2.05, 4.69) is 5.32 Å². The Morgan fingerprint density at radius 1 is 1.03 bits per heavy atom. The molecule has 1 fully saturated rings. The zero-order chi connectivity index (χ0) is 25.5. The highest BCUT2D eigenvalue weighted by Crippen LogP contribution is 2.34. The highest BCUT2D eigenvalue weighted by molar-refractivity contribution is 7.99. The fraction of sp³-hybridized carbons (Fsp3) is 0.385. The molecule has 1 unspecified atom stereocenters. The Bertz CT molecular complexity index is 1140. The number of aliphatic carboxylic acids is 1. The lowest BCUT2D eigenvalue weighted by molar-refractivity contribution is -0.139. The van der Waals surface area contributed by atoms with Crippen molar-refractivity contribution in [1.82, 2.24) is 10.2 Å². The molecule has 0 radical (unpaired) electrons. The van der Waals surface area contributed by atoms with Crippen LogP contribution in [0, 0.1) is 0 Å². The number of imide groups is 1. The summed E-state index contributed by atoms with van der Waals surface area (Å²) in [6.45, 7) is 1.91. The molecule has 1 saturated heterocycles. The monoisotopic (exact) mass is 512 g/mol. The summed E-state index contributed by atoms with van der Waals surface area (Å²) in [5.41, 5.74) is 3.52. The molecule has 0 bridgehead atoms. The van der Waals surface area contributed by atoms with Gasteiger partial charge >= 0.3 is 5.97 Å². The van der Waals surface area contributed by atoms with Gasteiger partial charge in [0, 0.05) is 29.2 Å². The molecule has 0 saturated carbocycles. The van der Waals surface area contributed by atoms with Crippen LogP contribution >= 0.6 is 11.8 Å². The van der Waals surface area contributed by atoms with Crippen LogP contribution in [-0.2, 0) is 43.6 Å². The Morgan fingerprint density at radius 3 is 2.39 bits per heavy atom. The van der Waals surface area contributed by atoms with Crippen molar-refractivity contribution in [3.63, 3.8) is 0 Å². The third-order valence-corrected chi connectivity index (χ3v) is 7.11. The van der Waals surface area contributed by atoms with Gasteiger partial charge in [-0.3, -0.25) is 24.5 Å². The van der Waals surface area contributed by atoms with Gasteiger partial charge in [0.1, 0.15) is 6.04 Å². The Labute approximate surface area is 213 Å². The average Bonchev–Trinajstić information content (AvgIpc) is 3.19. The van der Waals surface area contributed by atoms with Crippen LogP contribution in [0.3, 0.4) is 0 Å². The van der Waals surface area contributed by atoms with Crippen molar-refractivity contribution in [2.75, 3.05) is 19.0 Å². The van der Waals surface area contributed by atoms with E-state index in [1.54, 1.807) is 22.7 Å². The first-order valence-electron chi connectivity index (χ1n) is 11.8. The molecule has 2 N–H and O–H groups in total. The second kappa shape index (κ2) is 12.2. The van der Waals surface area contributed by atoms with Crippen molar-refractivity contribution >= 4 is 35.5 Å². The van der Waals surface area contributed by atoms with Crippen LogP contribution in [-0.4, -0.2) is 58.7 Å². The highest BCUT2D eigenvalue weighted by atomic mass is 32.2. The SMILES string of the molecule is O=C(O)CCOCc1ccc(COCCSc2cccc3c2CN(C2CCC(=O)NC2=O)C3=O)cc1. The predicted octanol–water partition coefficient (Wildman–Crippen LogP) is 2.75. The van der Waals surface area contributed by atoms with Crippen molar-refractivity contribution in [3.05, 3.63) is 64.7 Å². The molecule has 2 aromatic rings. The van der Waals surface area contributed by atoms with Gasteiger partial charge in [0.05, 0.1) is 32.8 Å². The lowest BCUT2D eigenvalue weighted by atomic mass is 10.0. The number of nitrogens with zero attached hydrogens (tertiary/aromatic N) is 1. The fourth-order valence-corrected chi connectivity index (χ4v) is 5.12. The number of hydrogen-bond donors (Lipinski definition) is 2. The van der Waals surface area contributed by atoms with Gasteiger partial charge in [-0.1, -0.05) is 30.3 Å². The Balaban J connectivity index is 1.22. The summed E-state index contributed by atoms with van der Waals surface area (Å²) in [6, 6.07) is 12.8. The predicted molar refractivity (Wildman–Crippen MR) is 131 cm³/mol. The second-order valence-electron chi connectivity index (χ2n) is 8.60. The van der Waals surface area contributed by atoms with Gasteiger partial charge in [-0.05, 0) is 35.2 Å². The molecule has 9 nitrogen and oxygen atoms in total. The number of nitrogens with one attached hydrogen (secondary N) is 1. The number of amides is 3. The summed E-state index contributed by atoms with van der Waals surface area (Å²) in [5, 5.41) is 11.0. The smallest absolute Gasteiger partial charge is 0.305 e. The minimum absolute atomic E-state index is 0.00980. The molecule has 190 valence electrons. The summed E-state index contributed by atoms with van der Waals surface area (Å²) in [7, 11) is 0. The van der Waals surface area contributed by atoms with Crippen molar-refractivity contribution < 1.29 is 33.8 Å². The van der Waals surface area contributed by atoms with Gasteiger partial charge in [0.2, 0.25) is 11.8 Å². The standard InChI is InChI=1S/C26H28N2O7S/c29-23-9-8-21(25(32)27-23)28-14-20-19(26(28)33)2-1-3-22(20)36-13-12-35-16-18-6-4-17(5-7-18)15-34-11-10-24(30)31/h1-7,21H,8-16H2,(H,30,31)(H,27,29,32). The Hall–Kier alpha value is -3.21. The third kappa shape index (κ3) is 6.51. The average molecular weight is 513 g/mol. The number of thioether (sulfide) groups is 1. The lowest BCUT2D eigenvalue weighted by Crippen LogP contribution is -2.52. The number of hydrogen-bond acceptors (Lipinski definition) is 7. The van der Waals surface area contributed by atoms with Crippen LogP contribution < -0.4 is 5.32 Å². The van der Waals surface area contributed by atoms with E-state index in [9.17, 15) is 19.2 Å². The van der Waals surface area contributed by atoms with Crippen molar-refractivity contribution in [2.24, 2.45) is 0 Å². The minimum atomic E-state index is -0.875. The van der Waals surface area contributed by atoms with Crippen molar-refractivity contribution in [1.29, 1.82) is 0 Å². The molecule has 2 aromatic carbocycles. The van der Waals surface area contributed by atoms with Crippen LogP contribution in [0.15, 0.2) is 47.4 Å². The molecular formula is C26H28N2O7S. The molecule has 1 atom stereocenters. The van der Waals surface area contributed by atoms with E-state index in [-0.39, 0.29) is 31.3 Å². The lowest BCUT2D eigenvalue weighted by Gasteiger charge is -2.29. The van der Waals surface area contributed by atoms with Gasteiger partial charge in [0.15, 0.2) is 0 Å². The third-order valence-electron chi connectivity index (χ3n) is 6.05. The number of rotatable bonds is 12. The number of benzene rings is 2. The van der Waals surface area contributed by atoms with E-state index in [0.29, 0.717) is 44.1 Å². The number of carbonyl (C=O) groups is 4. The molecule has 2 aliphatic rings. The summed E-state index contributed by atoms with van der Waals surface area (Å²) in [5.74, 6) is -1.05. The largest absolute Gasteiger partial charge is 0.481 e. The number of piperidine rings is 1. The maximum Gasteiger partial charge on any atom is 0.305 e. The number of carboxylic acids is 1. The highest BCUT2D eigenvalue weighted by Gasteiger charge is 2.39. The van der Waals surface area contributed by atoms with Crippen molar-refractivity contribution in [2.45, 2.75) is 50.0 Å². The molecule has 0 aliphatic carbocycles. The zero-order valence-corrected chi connectivity index (χ0v) is 20.6. The normalized spacial score (nSPS) is 17.3. The van der Waals surface area contributed by atoms with Gasteiger partial charge in [0.25, 0.3) is 5.91 Å². The minimum Gasteiger partial charge on any atom is -0.481 e. The van der Waals surface area contributed by atoms with E-state index < -0.39 is 17.9 Å². The summed E-state index contributed by atoms with van der Waals surface area (Å²) >= 11 is 1.61. The molecule has 0 spiro atoms. The number of carbonyl (C=O) groups excluding carboxylic acids is 3. The van der Waals surface area contributed by atoms with E-state index in [1.165, 1.54) is 0 Å². The van der Waals surface area contributed by atoms with Crippen LogP contribution in [0.5, 0.6) is 0 Å². The van der Waals surface area contributed by atoms with E-state index >= 15 is 0 Å². The first-order chi connectivity index (χ1) is 17.4. The van der Waals surface area contributed by atoms with Gasteiger partial charge in [-0.2, -0.15) is 0 Å². The number of fused-ring (bicyclic) bond motifs is 1. The Morgan fingerprint density at radius 2 is 1.72 bits per heavy atom. The fourth-order valence-electron chi connectivity index (χ4n) is 4.17. The number of carboxylic acid groups (broad SMARTS) is 1. The summed E-state index contributed by atoms with van der Waals surface area (Å²) < 4.78 is 11.1. The van der Waals surface area contributed by atoms with E-state index in [4.69, 9.17) is 14.6 Å². The van der Waals surface area contributed by atoms with Crippen LogP contribution in [0.25, 0.3) is 0 Å². The molecule has 4 rings (SSSR count). The zero-order valence-electron chi connectivity index (χ0n) is 19.7. The quantitative estimate of drug-likeness (QED) is 0.253. The van der Waals surface area contributed by atoms with Crippen LogP contribution in [0.4, 0.5) is 0 Å². The second-order valence-corrected chi connectivity index (χ2v) is 9.73. The molecule has 2 aliphatic heterocycles. The van der Waals surface area contributed by atoms with Crippen LogP contribution in [0.2, 0.25) is 0 Å². The summed E-state index contributed by atoms with van der Waals surface area (Å²) in [6.07, 6.45) is 0.572. The topological polar surface area (TPSA) is 122 Å². The maximum absolute atomic E-state index is 12.9. The molecule has 3 amide bonds. The summed E-state index contributed by atoms with van der Waals surface area (Å²) in [4.78, 5) is 49.7. The van der Waals surface area contributed by atoms with Gasteiger partial charge in [-0.15, -0.1) is 11.8 Å². The molecular weight excluding hydrogens is 484 g/mol. The van der Waals surface area contributed by atoms with Gasteiger partial charge < -0.3 is 19.5 Å². The first kappa shape index (κ1) is 25.9. The molecule has 2 heterocycles. The molecule has 10 heteroatoms. The number of ether oxygens (including phenoxy) is 2. The first-order valence-corrected chi connectivity index (χ1v) is 12.8. The van der Waals surface area contributed by atoms with Crippen LogP contribution in [0.1, 0.15) is 46.3 Å².